The lowest BCUT2D eigenvalue weighted by Crippen LogP contribution is -2.29. The van der Waals surface area contributed by atoms with Gasteiger partial charge in [-0.2, -0.15) is 5.10 Å². The summed E-state index contributed by atoms with van der Waals surface area (Å²) in [5.74, 6) is 2.65. The molecule has 124 valence electrons. The van der Waals surface area contributed by atoms with Crippen LogP contribution in [0, 0.1) is 0 Å². The molecule has 24 heavy (non-hydrogen) atoms. The van der Waals surface area contributed by atoms with Crippen LogP contribution in [0.3, 0.4) is 0 Å². The molecule has 0 bridgehead atoms. The first-order valence-corrected chi connectivity index (χ1v) is 8.99. The van der Waals surface area contributed by atoms with Crippen molar-refractivity contribution in [2.45, 2.75) is 25.9 Å². The van der Waals surface area contributed by atoms with Gasteiger partial charge in [0.25, 0.3) is 0 Å². The van der Waals surface area contributed by atoms with E-state index < -0.39 is 0 Å². The number of fused-ring (bicyclic) bond motifs is 1. The molecule has 0 aliphatic carbocycles. The molecule has 0 saturated heterocycles. The largest absolute Gasteiger partial charge is 0.497 e. The molecule has 3 heterocycles. The van der Waals surface area contributed by atoms with Crippen molar-refractivity contribution >= 4 is 11.3 Å². The van der Waals surface area contributed by atoms with E-state index in [0.717, 1.165) is 49.9 Å². The Hall–Kier alpha value is -2.18. The summed E-state index contributed by atoms with van der Waals surface area (Å²) < 4.78 is 5.19. The van der Waals surface area contributed by atoms with E-state index in [1.165, 1.54) is 16.0 Å². The molecule has 0 unspecified atom stereocenters. The number of H-pyrrole nitrogens is 1. The number of nitrogens with one attached hydrogen (secondary N) is 1. The van der Waals surface area contributed by atoms with E-state index in [9.17, 15) is 0 Å². The zero-order chi connectivity index (χ0) is 16.4. The van der Waals surface area contributed by atoms with Crippen molar-refractivity contribution in [2.75, 3.05) is 13.7 Å². The molecule has 1 aromatic carbocycles. The molecule has 0 atom stereocenters. The molecule has 1 aliphatic rings. The first kappa shape index (κ1) is 15.4. The molecule has 4 rings (SSSR count). The summed E-state index contributed by atoms with van der Waals surface area (Å²) in [7, 11) is 1.68. The van der Waals surface area contributed by atoms with Crippen LogP contribution < -0.4 is 4.74 Å². The van der Waals surface area contributed by atoms with Crippen LogP contribution in [0.2, 0.25) is 0 Å². The van der Waals surface area contributed by atoms with E-state index in [0.29, 0.717) is 0 Å². The van der Waals surface area contributed by atoms with Gasteiger partial charge in [0.15, 0.2) is 5.82 Å². The van der Waals surface area contributed by atoms with Crippen LogP contribution in [0.5, 0.6) is 5.75 Å². The number of ether oxygens (including phenoxy) is 1. The topological polar surface area (TPSA) is 54.0 Å². The van der Waals surface area contributed by atoms with Crippen molar-refractivity contribution < 1.29 is 4.74 Å². The van der Waals surface area contributed by atoms with Crippen LogP contribution in [-0.4, -0.2) is 33.7 Å². The third-order valence-corrected chi connectivity index (χ3v) is 5.38. The molecule has 1 aliphatic heterocycles. The van der Waals surface area contributed by atoms with E-state index in [4.69, 9.17) is 4.74 Å². The van der Waals surface area contributed by atoms with Gasteiger partial charge in [-0.3, -0.25) is 10.00 Å². The van der Waals surface area contributed by atoms with Crippen LogP contribution >= 0.6 is 11.3 Å². The Morgan fingerprint density at radius 2 is 2.12 bits per heavy atom. The number of hydrogen-bond acceptors (Lipinski definition) is 5. The van der Waals surface area contributed by atoms with Gasteiger partial charge in [-0.25, -0.2) is 4.98 Å². The second-order valence-electron chi connectivity index (χ2n) is 6.05. The van der Waals surface area contributed by atoms with Gasteiger partial charge in [0.05, 0.1) is 13.7 Å². The van der Waals surface area contributed by atoms with Crippen molar-refractivity contribution in [3.05, 3.63) is 63.4 Å². The fourth-order valence-electron chi connectivity index (χ4n) is 3.06. The van der Waals surface area contributed by atoms with Gasteiger partial charge in [0, 0.05) is 24.4 Å². The van der Waals surface area contributed by atoms with Gasteiger partial charge >= 0.3 is 0 Å². The minimum absolute atomic E-state index is 0.756. The van der Waals surface area contributed by atoms with Crippen molar-refractivity contribution in [3.8, 4) is 5.75 Å². The van der Waals surface area contributed by atoms with Crippen molar-refractivity contribution in [1.29, 1.82) is 0 Å². The van der Waals surface area contributed by atoms with E-state index in [1.807, 2.05) is 23.5 Å². The standard InChI is InChI=1S/C18H20N4OS/c1-23-15-4-2-13(3-5-15)10-17-19-18(21-20-17)12-22-8-6-16-14(11-22)7-9-24-16/h2-5,7,9H,6,8,10-12H2,1H3,(H,19,20,21). The quantitative estimate of drug-likeness (QED) is 0.776. The number of aromatic nitrogens is 3. The van der Waals surface area contributed by atoms with Gasteiger partial charge in [-0.15, -0.1) is 11.3 Å². The second kappa shape index (κ2) is 6.75. The molecule has 5 nitrogen and oxygen atoms in total. The van der Waals surface area contributed by atoms with E-state index in [1.54, 1.807) is 7.11 Å². The number of thiophene rings is 1. The molecule has 3 aromatic rings. The fourth-order valence-corrected chi connectivity index (χ4v) is 3.95. The zero-order valence-corrected chi connectivity index (χ0v) is 14.5. The lowest BCUT2D eigenvalue weighted by atomic mass is 10.1. The Bertz CT molecular complexity index is 809. The summed E-state index contributed by atoms with van der Waals surface area (Å²) in [5, 5.41) is 9.64. The maximum Gasteiger partial charge on any atom is 0.164 e. The molecular formula is C18H20N4OS. The highest BCUT2D eigenvalue weighted by Gasteiger charge is 2.18. The minimum Gasteiger partial charge on any atom is -0.497 e. The third kappa shape index (κ3) is 3.34. The van der Waals surface area contributed by atoms with Crippen LogP contribution in [0.4, 0.5) is 0 Å². The van der Waals surface area contributed by atoms with Gasteiger partial charge in [-0.1, -0.05) is 12.1 Å². The smallest absolute Gasteiger partial charge is 0.164 e. The highest BCUT2D eigenvalue weighted by molar-refractivity contribution is 7.10. The number of aromatic amines is 1. The van der Waals surface area contributed by atoms with Crippen LogP contribution in [-0.2, 0) is 25.9 Å². The molecule has 0 saturated carbocycles. The van der Waals surface area contributed by atoms with Crippen molar-refractivity contribution in [1.82, 2.24) is 20.1 Å². The Kier molecular flexibility index (Phi) is 4.32. The number of methoxy groups -OCH3 is 1. The van der Waals surface area contributed by atoms with Crippen LogP contribution in [0.1, 0.15) is 27.7 Å². The maximum atomic E-state index is 5.19. The summed E-state index contributed by atoms with van der Waals surface area (Å²) >= 11 is 1.87. The Balaban J connectivity index is 1.38. The van der Waals surface area contributed by atoms with Crippen LogP contribution in [0.25, 0.3) is 0 Å². The molecule has 1 N–H and O–H groups in total. The minimum atomic E-state index is 0.756. The predicted octanol–water partition coefficient (Wildman–Crippen LogP) is 3.02. The summed E-state index contributed by atoms with van der Waals surface area (Å²) in [5.41, 5.74) is 2.65. The van der Waals surface area contributed by atoms with Gasteiger partial charge in [0.1, 0.15) is 11.6 Å². The van der Waals surface area contributed by atoms with Crippen LogP contribution in [0.15, 0.2) is 35.7 Å². The van der Waals surface area contributed by atoms with Gasteiger partial charge in [0.2, 0.25) is 0 Å². The van der Waals surface area contributed by atoms with Gasteiger partial charge in [-0.05, 0) is 41.1 Å². The molecule has 0 amide bonds. The average Bonchev–Trinajstić information content (AvgIpc) is 3.24. The normalized spacial score (nSPS) is 14.5. The number of nitrogens with zero attached hydrogens (tertiary/aromatic N) is 3. The molecule has 6 heteroatoms. The molecule has 0 radical (unpaired) electrons. The molecule has 0 spiro atoms. The van der Waals surface area contributed by atoms with Crippen molar-refractivity contribution in [3.63, 3.8) is 0 Å². The first-order valence-electron chi connectivity index (χ1n) is 8.11. The first-order chi connectivity index (χ1) is 11.8. The summed E-state index contributed by atoms with van der Waals surface area (Å²) in [4.78, 5) is 8.59. The fraction of sp³-hybridized carbons (Fsp3) is 0.333. The van der Waals surface area contributed by atoms with Gasteiger partial charge < -0.3 is 4.74 Å². The highest BCUT2D eigenvalue weighted by Crippen LogP contribution is 2.24. The Labute approximate surface area is 145 Å². The second-order valence-corrected chi connectivity index (χ2v) is 7.05. The average molecular weight is 340 g/mol. The highest BCUT2D eigenvalue weighted by atomic mass is 32.1. The summed E-state index contributed by atoms with van der Waals surface area (Å²) in [6, 6.07) is 10.3. The van der Waals surface area contributed by atoms with Crippen molar-refractivity contribution in [2.24, 2.45) is 0 Å². The Morgan fingerprint density at radius 3 is 2.96 bits per heavy atom. The van der Waals surface area contributed by atoms with E-state index in [-0.39, 0.29) is 0 Å². The predicted molar refractivity (Wildman–Crippen MR) is 94.3 cm³/mol. The summed E-state index contributed by atoms with van der Waals surface area (Å²) in [6.45, 7) is 2.88. The number of rotatable bonds is 5. The lowest BCUT2D eigenvalue weighted by molar-refractivity contribution is 0.241. The van der Waals surface area contributed by atoms with E-state index >= 15 is 0 Å². The SMILES string of the molecule is COc1ccc(Cc2nc(CN3CCc4sccc4C3)n[nH]2)cc1. The monoisotopic (exact) mass is 340 g/mol. The summed E-state index contributed by atoms with van der Waals surface area (Å²) in [6.07, 6.45) is 1.89. The number of hydrogen-bond donors (Lipinski definition) is 1. The zero-order valence-electron chi connectivity index (χ0n) is 13.7. The third-order valence-electron chi connectivity index (χ3n) is 4.36. The van der Waals surface area contributed by atoms with E-state index in [2.05, 4.69) is 43.7 Å². The number of benzene rings is 1. The lowest BCUT2D eigenvalue weighted by Gasteiger charge is -2.25. The maximum absolute atomic E-state index is 5.19. The molecular weight excluding hydrogens is 320 g/mol. The molecule has 0 fully saturated rings. The molecule has 2 aromatic heterocycles. The Morgan fingerprint density at radius 1 is 1.25 bits per heavy atom.